The van der Waals surface area contributed by atoms with Gasteiger partial charge in [-0.2, -0.15) is 5.10 Å². The van der Waals surface area contributed by atoms with E-state index in [1.165, 1.54) is 10.7 Å². The summed E-state index contributed by atoms with van der Waals surface area (Å²) in [5.74, 6) is -0.0419. The van der Waals surface area contributed by atoms with Crippen molar-refractivity contribution in [2.75, 3.05) is 0 Å². The second kappa shape index (κ2) is 7.02. The van der Waals surface area contributed by atoms with E-state index in [1.807, 2.05) is 44.2 Å². The monoisotopic (exact) mass is 399 g/mol. The van der Waals surface area contributed by atoms with Crippen molar-refractivity contribution in [3.8, 4) is 22.6 Å². The van der Waals surface area contributed by atoms with E-state index in [9.17, 15) is 9.70 Å². The summed E-state index contributed by atoms with van der Waals surface area (Å²) >= 11 is 3.21. The fourth-order valence-electron chi connectivity index (χ4n) is 2.36. The number of nitroso groups, excluding NO2 is 1. The van der Waals surface area contributed by atoms with Gasteiger partial charge in [0.1, 0.15) is 17.1 Å². The van der Waals surface area contributed by atoms with Crippen LogP contribution in [0.15, 0.2) is 57.0 Å². The van der Waals surface area contributed by atoms with Crippen LogP contribution in [0.3, 0.4) is 0 Å². The molecule has 0 fully saturated rings. The third-order valence-corrected chi connectivity index (χ3v) is 4.06. The molecule has 3 aromatic rings. The van der Waals surface area contributed by atoms with Crippen molar-refractivity contribution in [2.24, 2.45) is 5.18 Å². The van der Waals surface area contributed by atoms with Crippen LogP contribution in [0.4, 0.5) is 5.82 Å². The van der Waals surface area contributed by atoms with Crippen molar-refractivity contribution in [1.82, 2.24) is 19.7 Å². The summed E-state index contributed by atoms with van der Waals surface area (Å²) in [6.45, 7) is 3.74. The predicted octanol–water partition coefficient (Wildman–Crippen LogP) is 4.11. The van der Waals surface area contributed by atoms with Crippen molar-refractivity contribution >= 4 is 21.7 Å². The third kappa shape index (κ3) is 3.39. The molecule has 3 rings (SSSR count). The number of hydrogen-bond donors (Lipinski definition) is 0. The van der Waals surface area contributed by atoms with Gasteiger partial charge in [0.05, 0.1) is 6.04 Å². The van der Waals surface area contributed by atoms with Crippen molar-refractivity contribution < 1.29 is 0 Å². The highest BCUT2D eigenvalue weighted by molar-refractivity contribution is 9.10. The van der Waals surface area contributed by atoms with Crippen molar-refractivity contribution in [3.05, 3.63) is 62.3 Å². The quantitative estimate of drug-likeness (QED) is 0.615. The Morgan fingerprint density at radius 1 is 1.04 bits per heavy atom. The molecule has 0 N–H and O–H groups in total. The molecule has 2 heterocycles. The van der Waals surface area contributed by atoms with Gasteiger partial charge >= 0.3 is 0 Å². The Hall–Kier alpha value is -2.74. The number of rotatable bonds is 4. The van der Waals surface area contributed by atoms with Crippen LogP contribution < -0.4 is 5.56 Å². The zero-order valence-electron chi connectivity index (χ0n) is 13.5. The molecule has 8 heteroatoms. The molecule has 0 unspecified atom stereocenters. The predicted molar refractivity (Wildman–Crippen MR) is 98.5 cm³/mol. The third-order valence-electron chi connectivity index (χ3n) is 3.53. The summed E-state index contributed by atoms with van der Waals surface area (Å²) in [4.78, 5) is 31.7. The van der Waals surface area contributed by atoms with Crippen LogP contribution in [0, 0.1) is 4.91 Å². The molecule has 0 saturated heterocycles. The fraction of sp³-hybridized carbons (Fsp3) is 0.176. The Morgan fingerprint density at radius 3 is 2.40 bits per heavy atom. The minimum absolute atomic E-state index is 0.0419. The van der Waals surface area contributed by atoms with Gasteiger partial charge in [-0.3, -0.25) is 4.79 Å². The van der Waals surface area contributed by atoms with Crippen LogP contribution in [-0.4, -0.2) is 19.7 Å². The van der Waals surface area contributed by atoms with Gasteiger partial charge in [-0.05, 0) is 41.0 Å². The van der Waals surface area contributed by atoms with E-state index in [1.54, 1.807) is 6.07 Å². The molecule has 0 amide bonds. The SMILES string of the molecule is CC(C)n1nc(-c2nc(Br)c(N=O)nc2-c2ccccc2)ccc1=O. The molecule has 0 aliphatic heterocycles. The molecule has 25 heavy (non-hydrogen) atoms. The Bertz CT molecular complexity index is 986. The number of hydrogen-bond acceptors (Lipinski definition) is 6. The van der Waals surface area contributed by atoms with E-state index < -0.39 is 0 Å². The van der Waals surface area contributed by atoms with Crippen molar-refractivity contribution in [1.29, 1.82) is 0 Å². The number of aromatic nitrogens is 4. The van der Waals surface area contributed by atoms with Gasteiger partial charge in [0.15, 0.2) is 4.60 Å². The maximum Gasteiger partial charge on any atom is 0.267 e. The van der Waals surface area contributed by atoms with Gasteiger partial charge in [0, 0.05) is 11.6 Å². The number of nitrogens with zero attached hydrogens (tertiary/aromatic N) is 5. The smallest absolute Gasteiger partial charge is 0.267 e. The topological polar surface area (TPSA) is 90.1 Å². The molecule has 0 aliphatic rings. The highest BCUT2D eigenvalue weighted by Gasteiger charge is 2.18. The maximum atomic E-state index is 12.0. The van der Waals surface area contributed by atoms with Crippen molar-refractivity contribution in [3.63, 3.8) is 0 Å². The summed E-state index contributed by atoms with van der Waals surface area (Å²) in [5, 5.41) is 7.30. The molecule has 7 nitrogen and oxygen atoms in total. The fourth-order valence-corrected chi connectivity index (χ4v) is 2.70. The van der Waals surface area contributed by atoms with Gasteiger partial charge in [-0.1, -0.05) is 30.3 Å². The lowest BCUT2D eigenvalue weighted by Crippen LogP contribution is -2.24. The van der Waals surface area contributed by atoms with Crippen LogP contribution in [0.1, 0.15) is 19.9 Å². The minimum atomic E-state index is -0.196. The van der Waals surface area contributed by atoms with Gasteiger partial charge in [-0.25, -0.2) is 14.6 Å². The van der Waals surface area contributed by atoms with Crippen LogP contribution in [-0.2, 0) is 0 Å². The Morgan fingerprint density at radius 2 is 1.76 bits per heavy atom. The van der Waals surface area contributed by atoms with Crippen molar-refractivity contribution in [2.45, 2.75) is 19.9 Å². The van der Waals surface area contributed by atoms with Gasteiger partial charge in [0.25, 0.3) is 5.56 Å². The van der Waals surface area contributed by atoms with Gasteiger partial charge in [0.2, 0.25) is 5.82 Å². The average molecular weight is 400 g/mol. The molecule has 0 radical (unpaired) electrons. The normalized spacial score (nSPS) is 10.9. The van der Waals surface area contributed by atoms with E-state index >= 15 is 0 Å². The lowest BCUT2D eigenvalue weighted by molar-refractivity contribution is 0.504. The summed E-state index contributed by atoms with van der Waals surface area (Å²) in [7, 11) is 0. The number of halogens is 1. The van der Waals surface area contributed by atoms with E-state index in [2.05, 4.69) is 36.2 Å². The van der Waals surface area contributed by atoms with Crippen LogP contribution in [0.2, 0.25) is 0 Å². The molecule has 1 aromatic carbocycles. The number of benzene rings is 1. The summed E-state index contributed by atoms with van der Waals surface area (Å²) in [6.07, 6.45) is 0. The molecule has 0 spiro atoms. The van der Waals surface area contributed by atoms with Gasteiger partial charge < -0.3 is 0 Å². The first-order chi connectivity index (χ1) is 12.0. The molecule has 126 valence electrons. The first-order valence-corrected chi connectivity index (χ1v) is 8.37. The summed E-state index contributed by atoms with van der Waals surface area (Å²) < 4.78 is 1.60. The second-order valence-electron chi connectivity index (χ2n) is 5.59. The molecule has 2 aromatic heterocycles. The van der Waals surface area contributed by atoms with Crippen LogP contribution in [0.25, 0.3) is 22.6 Å². The molecule has 0 atom stereocenters. The summed E-state index contributed by atoms with van der Waals surface area (Å²) in [6, 6.07) is 12.3. The first kappa shape index (κ1) is 17.1. The Balaban J connectivity index is 2.29. The maximum absolute atomic E-state index is 12.0. The molecule has 0 bridgehead atoms. The molecule has 0 saturated carbocycles. The largest absolute Gasteiger partial charge is 0.268 e. The highest BCUT2D eigenvalue weighted by atomic mass is 79.9. The van der Waals surface area contributed by atoms with E-state index in [4.69, 9.17) is 0 Å². The van der Waals surface area contributed by atoms with Gasteiger partial charge in [-0.15, -0.1) is 4.91 Å². The summed E-state index contributed by atoms with van der Waals surface area (Å²) in [5.41, 5.74) is 1.99. The van der Waals surface area contributed by atoms with Crippen LogP contribution >= 0.6 is 15.9 Å². The standard InChI is InChI=1S/C17H14BrN5O2/c1-10(2)23-13(24)9-8-12(21-23)15-14(11-6-4-3-5-7-11)20-17(22-25)16(18)19-15/h3-10H,1-2H3. The molecular formula is C17H14BrN5O2. The second-order valence-corrected chi connectivity index (χ2v) is 6.34. The zero-order chi connectivity index (χ0) is 18.0. The highest BCUT2D eigenvalue weighted by Crippen LogP contribution is 2.33. The van der Waals surface area contributed by atoms with E-state index in [-0.39, 0.29) is 22.0 Å². The van der Waals surface area contributed by atoms with Crippen LogP contribution in [0.5, 0.6) is 0 Å². The first-order valence-electron chi connectivity index (χ1n) is 7.58. The molecular weight excluding hydrogens is 386 g/mol. The minimum Gasteiger partial charge on any atom is -0.268 e. The van der Waals surface area contributed by atoms with E-state index in [0.29, 0.717) is 17.1 Å². The Kier molecular flexibility index (Phi) is 4.80. The lowest BCUT2D eigenvalue weighted by Gasteiger charge is -2.12. The lowest BCUT2D eigenvalue weighted by atomic mass is 10.1. The Labute approximate surface area is 151 Å². The molecule has 0 aliphatic carbocycles. The zero-order valence-corrected chi connectivity index (χ0v) is 15.1. The average Bonchev–Trinajstić information content (AvgIpc) is 2.62. The van der Waals surface area contributed by atoms with E-state index in [0.717, 1.165) is 5.56 Å².